The number of carbonyl (C=O) groups is 2. The summed E-state index contributed by atoms with van der Waals surface area (Å²) in [5.74, 6) is 0.707. The Bertz CT molecular complexity index is 616. The summed E-state index contributed by atoms with van der Waals surface area (Å²) < 4.78 is 10.7. The van der Waals surface area contributed by atoms with Crippen LogP contribution in [-0.4, -0.2) is 50.8 Å². The summed E-state index contributed by atoms with van der Waals surface area (Å²) in [5.41, 5.74) is 6.84. The molecule has 2 aliphatic heterocycles. The average Bonchev–Trinajstić information content (AvgIpc) is 2.66. The molecule has 0 saturated carbocycles. The van der Waals surface area contributed by atoms with Crippen LogP contribution in [0.3, 0.4) is 0 Å². The average molecular weight is 347 g/mol. The van der Waals surface area contributed by atoms with Crippen LogP contribution in [0.1, 0.15) is 19.3 Å². The first-order valence-electron chi connectivity index (χ1n) is 8.80. The molecule has 0 spiro atoms. The number of nitrogens with two attached hydrogens (primary N) is 1. The van der Waals surface area contributed by atoms with Crippen molar-refractivity contribution < 1.29 is 19.1 Å². The second-order valence-electron chi connectivity index (χ2n) is 6.42. The number of nitrogens with zero attached hydrogens (tertiary/aromatic N) is 1. The molecule has 3 N–H and O–H groups in total. The van der Waals surface area contributed by atoms with Gasteiger partial charge in [-0.05, 0) is 37.3 Å². The highest BCUT2D eigenvalue weighted by Gasteiger charge is 2.27. The number of hydrogen-bond acceptors (Lipinski definition) is 5. The van der Waals surface area contributed by atoms with Gasteiger partial charge in [0, 0.05) is 26.3 Å². The lowest BCUT2D eigenvalue weighted by molar-refractivity contribution is -0.124. The molecule has 7 heteroatoms. The highest BCUT2D eigenvalue weighted by molar-refractivity contribution is 5.97. The van der Waals surface area contributed by atoms with Gasteiger partial charge in [-0.15, -0.1) is 0 Å². The minimum Gasteiger partial charge on any atom is -0.482 e. The molecule has 0 aromatic heterocycles. The van der Waals surface area contributed by atoms with Gasteiger partial charge in [0.1, 0.15) is 5.75 Å². The molecule has 2 heterocycles. The van der Waals surface area contributed by atoms with E-state index in [4.69, 9.17) is 15.2 Å². The van der Waals surface area contributed by atoms with Gasteiger partial charge < -0.3 is 25.4 Å². The summed E-state index contributed by atoms with van der Waals surface area (Å²) in [4.78, 5) is 26.0. The number of rotatable bonds is 6. The number of carbonyl (C=O) groups excluding carboxylic acids is 2. The highest BCUT2D eigenvalue weighted by Crippen LogP contribution is 2.31. The van der Waals surface area contributed by atoms with Gasteiger partial charge in [0.25, 0.3) is 5.91 Å². The van der Waals surface area contributed by atoms with E-state index >= 15 is 0 Å². The van der Waals surface area contributed by atoms with Crippen molar-refractivity contribution in [2.75, 3.05) is 37.8 Å². The third-order valence-electron chi connectivity index (χ3n) is 4.74. The maximum atomic E-state index is 12.2. The zero-order valence-corrected chi connectivity index (χ0v) is 14.3. The van der Waals surface area contributed by atoms with Crippen LogP contribution in [0.4, 0.5) is 5.69 Å². The summed E-state index contributed by atoms with van der Waals surface area (Å²) in [5, 5.41) is 2.88. The monoisotopic (exact) mass is 347 g/mol. The molecule has 2 amide bonds. The molecule has 1 fully saturated rings. The Morgan fingerprint density at radius 2 is 2.08 bits per heavy atom. The minimum atomic E-state index is -0.491. The lowest BCUT2D eigenvalue weighted by atomic mass is 9.92. The van der Waals surface area contributed by atoms with Crippen LogP contribution < -0.4 is 20.7 Å². The largest absolute Gasteiger partial charge is 0.482 e. The van der Waals surface area contributed by atoms with Gasteiger partial charge >= 0.3 is 0 Å². The van der Waals surface area contributed by atoms with E-state index in [1.807, 2.05) is 24.3 Å². The first-order chi connectivity index (χ1) is 12.2. The number of nitrogens with one attached hydrogen (secondary N) is 1. The van der Waals surface area contributed by atoms with E-state index in [0.717, 1.165) is 18.5 Å². The SMILES string of the molecule is NC(C(=O)NCCCN1C(=O)COc2ccccc21)C1CCOCC1. The van der Waals surface area contributed by atoms with Gasteiger partial charge in [-0.25, -0.2) is 0 Å². The molecule has 1 saturated heterocycles. The smallest absolute Gasteiger partial charge is 0.265 e. The third kappa shape index (κ3) is 4.29. The predicted molar refractivity (Wildman–Crippen MR) is 93.4 cm³/mol. The minimum absolute atomic E-state index is 0.0536. The molecule has 7 nitrogen and oxygen atoms in total. The van der Waals surface area contributed by atoms with Crippen molar-refractivity contribution >= 4 is 17.5 Å². The van der Waals surface area contributed by atoms with Crippen molar-refractivity contribution in [2.24, 2.45) is 11.7 Å². The lowest BCUT2D eigenvalue weighted by Gasteiger charge is -2.29. The van der Waals surface area contributed by atoms with Crippen molar-refractivity contribution in [3.05, 3.63) is 24.3 Å². The number of ether oxygens (including phenoxy) is 2. The molecule has 1 aromatic rings. The maximum Gasteiger partial charge on any atom is 0.265 e. The Morgan fingerprint density at radius 3 is 2.88 bits per heavy atom. The first-order valence-corrected chi connectivity index (χ1v) is 8.80. The molecule has 2 aliphatic rings. The van der Waals surface area contributed by atoms with Gasteiger partial charge in [-0.3, -0.25) is 9.59 Å². The van der Waals surface area contributed by atoms with Gasteiger partial charge in [-0.2, -0.15) is 0 Å². The quantitative estimate of drug-likeness (QED) is 0.738. The van der Waals surface area contributed by atoms with E-state index in [2.05, 4.69) is 5.32 Å². The zero-order chi connectivity index (χ0) is 17.6. The van der Waals surface area contributed by atoms with Crippen LogP contribution in [0.2, 0.25) is 0 Å². The van der Waals surface area contributed by atoms with Crippen molar-refractivity contribution in [3.8, 4) is 5.75 Å². The maximum absolute atomic E-state index is 12.2. The second kappa shape index (κ2) is 8.31. The van der Waals surface area contributed by atoms with Crippen LogP contribution in [-0.2, 0) is 14.3 Å². The number of hydrogen-bond donors (Lipinski definition) is 2. The molecule has 0 bridgehead atoms. The Kier molecular flexibility index (Phi) is 5.88. The van der Waals surface area contributed by atoms with Crippen molar-refractivity contribution in [2.45, 2.75) is 25.3 Å². The van der Waals surface area contributed by atoms with E-state index in [1.165, 1.54) is 0 Å². The van der Waals surface area contributed by atoms with Crippen LogP contribution in [0, 0.1) is 5.92 Å². The second-order valence-corrected chi connectivity index (χ2v) is 6.42. The Hall–Kier alpha value is -2.12. The van der Waals surface area contributed by atoms with E-state index in [-0.39, 0.29) is 24.3 Å². The number of anilines is 1. The summed E-state index contributed by atoms with van der Waals surface area (Å²) in [6.45, 7) is 2.42. The highest BCUT2D eigenvalue weighted by atomic mass is 16.5. The van der Waals surface area contributed by atoms with Crippen molar-refractivity contribution in [1.82, 2.24) is 5.32 Å². The normalized spacial score (nSPS) is 19.1. The van der Waals surface area contributed by atoms with Crippen LogP contribution in [0.5, 0.6) is 5.75 Å². The molecule has 0 aliphatic carbocycles. The molecule has 1 unspecified atom stereocenters. The van der Waals surface area contributed by atoms with E-state index in [1.54, 1.807) is 4.90 Å². The fourth-order valence-electron chi connectivity index (χ4n) is 3.25. The summed E-state index contributed by atoms with van der Waals surface area (Å²) in [7, 11) is 0. The van der Waals surface area contributed by atoms with Crippen LogP contribution in [0.15, 0.2) is 24.3 Å². The Labute approximate surface area is 147 Å². The van der Waals surface area contributed by atoms with Crippen molar-refractivity contribution in [1.29, 1.82) is 0 Å². The molecule has 1 atom stereocenters. The van der Waals surface area contributed by atoms with E-state index in [0.29, 0.717) is 38.5 Å². The standard InChI is InChI=1S/C18H25N3O4/c19-17(13-6-10-24-11-7-13)18(23)20-8-3-9-21-14-4-1-2-5-15(14)25-12-16(21)22/h1-2,4-5,13,17H,3,6-12,19H2,(H,20,23). The topological polar surface area (TPSA) is 93.9 Å². The van der Waals surface area contributed by atoms with Crippen LogP contribution >= 0.6 is 0 Å². The molecular weight excluding hydrogens is 322 g/mol. The summed E-state index contributed by atoms with van der Waals surface area (Å²) in [6.07, 6.45) is 2.31. The number of fused-ring (bicyclic) bond motifs is 1. The van der Waals surface area contributed by atoms with Gasteiger partial charge in [-0.1, -0.05) is 12.1 Å². The van der Waals surface area contributed by atoms with Gasteiger partial charge in [0.05, 0.1) is 11.7 Å². The molecule has 136 valence electrons. The molecule has 3 rings (SSSR count). The molecule has 0 radical (unpaired) electrons. The van der Waals surface area contributed by atoms with Gasteiger partial charge in [0.15, 0.2) is 6.61 Å². The molecule has 25 heavy (non-hydrogen) atoms. The number of para-hydroxylation sites is 2. The summed E-state index contributed by atoms with van der Waals surface area (Å²) >= 11 is 0. The third-order valence-corrected chi connectivity index (χ3v) is 4.74. The summed E-state index contributed by atoms with van der Waals surface area (Å²) in [6, 6.07) is 6.98. The lowest BCUT2D eigenvalue weighted by Crippen LogP contribution is -2.47. The number of benzene rings is 1. The van der Waals surface area contributed by atoms with E-state index in [9.17, 15) is 9.59 Å². The zero-order valence-electron chi connectivity index (χ0n) is 14.3. The van der Waals surface area contributed by atoms with E-state index < -0.39 is 6.04 Å². The molecular formula is C18H25N3O4. The van der Waals surface area contributed by atoms with Gasteiger partial charge in [0.2, 0.25) is 5.91 Å². The Balaban J connectivity index is 1.45. The molecule has 1 aromatic carbocycles. The fraction of sp³-hybridized carbons (Fsp3) is 0.556. The van der Waals surface area contributed by atoms with Crippen LogP contribution in [0.25, 0.3) is 0 Å². The van der Waals surface area contributed by atoms with Crippen molar-refractivity contribution in [3.63, 3.8) is 0 Å². The first kappa shape index (κ1) is 17.7. The fourth-order valence-corrected chi connectivity index (χ4v) is 3.25. The Morgan fingerprint density at radius 1 is 1.32 bits per heavy atom. The predicted octanol–water partition coefficient (Wildman–Crippen LogP) is 0.672. The number of amides is 2.